The van der Waals surface area contributed by atoms with Crippen molar-refractivity contribution in [1.29, 1.82) is 0 Å². The molecule has 0 aliphatic heterocycles. The van der Waals surface area contributed by atoms with Crippen molar-refractivity contribution in [3.63, 3.8) is 0 Å². The van der Waals surface area contributed by atoms with Gasteiger partial charge in [0, 0.05) is 29.0 Å². The zero-order chi connectivity index (χ0) is 17.3. The molecular formula is C19H15F2NO2. The molecule has 0 unspecified atom stereocenters. The summed E-state index contributed by atoms with van der Waals surface area (Å²) >= 11 is 0. The lowest BCUT2D eigenvalue weighted by Gasteiger charge is -2.07. The normalized spacial score (nSPS) is 11.0. The Balaban J connectivity index is 1.95. The summed E-state index contributed by atoms with van der Waals surface area (Å²) in [7, 11) is 0. The van der Waals surface area contributed by atoms with E-state index in [1.807, 2.05) is 0 Å². The van der Waals surface area contributed by atoms with Gasteiger partial charge in [0.25, 0.3) is 6.43 Å². The Labute approximate surface area is 137 Å². The molecule has 0 saturated carbocycles. The van der Waals surface area contributed by atoms with E-state index in [0.29, 0.717) is 28.3 Å². The lowest BCUT2D eigenvalue weighted by molar-refractivity contribution is 0.151. The van der Waals surface area contributed by atoms with E-state index in [1.165, 1.54) is 18.2 Å². The first-order chi connectivity index (χ1) is 11.5. The third kappa shape index (κ3) is 3.11. The predicted octanol–water partition coefficient (Wildman–Crippen LogP) is 4.92. The van der Waals surface area contributed by atoms with Crippen molar-refractivity contribution >= 4 is 0 Å². The van der Waals surface area contributed by atoms with Crippen LogP contribution >= 0.6 is 0 Å². The lowest BCUT2D eigenvalue weighted by atomic mass is 10.0. The van der Waals surface area contributed by atoms with Crippen molar-refractivity contribution < 1.29 is 13.2 Å². The van der Waals surface area contributed by atoms with Crippen molar-refractivity contribution in [2.45, 2.75) is 20.3 Å². The Kier molecular flexibility index (Phi) is 4.25. The minimum absolute atomic E-state index is 0.0248. The maximum Gasteiger partial charge on any atom is 0.263 e. The molecule has 0 bridgehead atoms. The highest BCUT2D eigenvalue weighted by atomic mass is 19.3. The van der Waals surface area contributed by atoms with E-state index in [2.05, 4.69) is 4.98 Å². The first-order valence-electron chi connectivity index (χ1n) is 7.42. The molecule has 1 aromatic carbocycles. The molecule has 0 fully saturated rings. The SMILES string of the molecule is Cc1cc(=O)c(-c2ccc(-c3ccc(C(F)F)cc3)nc2)c(C)o1. The maximum absolute atomic E-state index is 12.6. The summed E-state index contributed by atoms with van der Waals surface area (Å²) in [6, 6.07) is 11.0. The van der Waals surface area contributed by atoms with Crippen molar-refractivity contribution in [3.05, 3.63) is 76.0 Å². The molecule has 5 heteroatoms. The number of benzene rings is 1. The monoisotopic (exact) mass is 327 g/mol. The molecule has 0 aliphatic rings. The highest BCUT2D eigenvalue weighted by Crippen LogP contribution is 2.25. The van der Waals surface area contributed by atoms with Crippen LogP contribution in [0, 0.1) is 13.8 Å². The van der Waals surface area contributed by atoms with E-state index >= 15 is 0 Å². The Morgan fingerprint density at radius 2 is 1.67 bits per heavy atom. The van der Waals surface area contributed by atoms with Crippen LogP contribution in [-0.4, -0.2) is 4.98 Å². The highest BCUT2D eigenvalue weighted by Gasteiger charge is 2.11. The van der Waals surface area contributed by atoms with Gasteiger partial charge >= 0.3 is 0 Å². The van der Waals surface area contributed by atoms with Gasteiger partial charge in [-0.1, -0.05) is 30.3 Å². The molecule has 0 spiro atoms. The van der Waals surface area contributed by atoms with Crippen LogP contribution in [0.4, 0.5) is 8.78 Å². The minimum Gasteiger partial charge on any atom is -0.466 e. The van der Waals surface area contributed by atoms with Gasteiger partial charge in [-0.3, -0.25) is 9.78 Å². The van der Waals surface area contributed by atoms with Crippen molar-refractivity contribution in [3.8, 4) is 22.4 Å². The molecule has 24 heavy (non-hydrogen) atoms. The van der Waals surface area contributed by atoms with Crippen molar-refractivity contribution in [1.82, 2.24) is 4.98 Å². The van der Waals surface area contributed by atoms with Gasteiger partial charge < -0.3 is 4.42 Å². The second-order valence-corrected chi connectivity index (χ2v) is 5.51. The quantitative estimate of drug-likeness (QED) is 0.685. The third-order valence-corrected chi connectivity index (χ3v) is 3.76. The highest BCUT2D eigenvalue weighted by molar-refractivity contribution is 5.67. The van der Waals surface area contributed by atoms with E-state index in [9.17, 15) is 13.6 Å². The molecule has 0 radical (unpaired) electrons. The number of alkyl halides is 2. The average Bonchev–Trinajstić information content (AvgIpc) is 2.54. The molecule has 2 heterocycles. The van der Waals surface area contributed by atoms with Gasteiger partial charge in [0.05, 0.1) is 11.3 Å². The Bertz CT molecular complexity index is 914. The fourth-order valence-electron chi connectivity index (χ4n) is 2.61. The zero-order valence-corrected chi connectivity index (χ0v) is 13.2. The third-order valence-electron chi connectivity index (χ3n) is 3.76. The smallest absolute Gasteiger partial charge is 0.263 e. The second kappa shape index (κ2) is 6.35. The lowest BCUT2D eigenvalue weighted by Crippen LogP contribution is -2.06. The van der Waals surface area contributed by atoms with Gasteiger partial charge in [0.2, 0.25) is 0 Å². The molecule has 0 saturated heterocycles. The number of halogens is 2. The number of hydrogen-bond acceptors (Lipinski definition) is 3. The Morgan fingerprint density at radius 3 is 2.21 bits per heavy atom. The van der Waals surface area contributed by atoms with Gasteiger partial charge in [-0.25, -0.2) is 8.78 Å². The van der Waals surface area contributed by atoms with Crippen molar-refractivity contribution in [2.24, 2.45) is 0 Å². The van der Waals surface area contributed by atoms with Gasteiger partial charge in [-0.2, -0.15) is 0 Å². The molecule has 0 amide bonds. The zero-order valence-electron chi connectivity index (χ0n) is 13.2. The van der Waals surface area contributed by atoms with E-state index in [0.717, 1.165) is 5.56 Å². The summed E-state index contributed by atoms with van der Waals surface area (Å²) in [6.07, 6.45) is -0.900. The number of nitrogens with zero attached hydrogens (tertiary/aromatic N) is 1. The summed E-state index contributed by atoms with van der Waals surface area (Å²) in [5.41, 5.74) is 2.38. The van der Waals surface area contributed by atoms with Crippen LogP contribution in [0.3, 0.4) is 0 Å². The van der Waals surface area contributed by atoms with Gasteiger partial charge in [-0.15, -0.1) is 0 Å². The molecule has 3 nitrogen and oxygen atoms in total. The first kappa shape index (κ1) is 16.1. The van der Waals surface area contributed by atoms with Crippen LogP contribution in [-0.2, 0) is 0 Å². The van der Waals surface area contributed by atoms with Crippen LogP contribution in [0.15, 0.2) is 57.9 Å². The average molecular weight is 327 g/mol. The molecule has 0 N–H and O–H groups in total. The van der Waals surface area contributed by atoms with E-state index in [4.69, 9.17) is 4.42 Å². The minimum atomic E-state index is -2.49. The van der Waals surface area contributed by atoms with Gasteiger partial charge in [-0.05, 0) is 19.9 Å². The summed E-state index contributed by atoms with van der Waals surface area (Å²) in [5, 5.41) is 0. The topological polar surface area (TPSA) is 43.1 Å². The van der Waals surface area contributed by atoms with E-state index in [1.54, 1.807) is 44.3 Å². The van der Waals surface area contributed by atoms with Crippen LogP contribution in [0.25, 0.3) is 22.4 Å². The molecule has 122 valence electrons. The molecule has 3 rings (SSSR count). The molecular weight excluding hydrogens is 312 g/mol. The number of hydrogen-bond donors (Lipinski definition) is 0. The molecule has 3 aromatic rings. The molecule has 0 aliphatic carbocycles. The molecule has 0 atom stereocenters. The number of aryl methyl sites for hydroxylation is 2. The number of aromatic nitrogens is 1. The maximum atomic E-state index is 12.6. The summed E-state index contributed by atoms with van der Waals surface area (Å²) in [6.45, 7) is 3.46. The standard InChI is InChI=1S/C19H15F2NO2/c1-11-9-17(23)18(12(2)24-11)15-7-8-16(22-10-15)13-3-5-14(6-4-13)19(20)21/h3-10,19H,1-2H3. The van der Waals surface area contributed by atoms with Gasteiger partial charge in [0.1, 0.15) is 11.5 Å². The number of rotatable bonds is 3. The first-order valence-corrected chi connectivity index (χ1v) is 7.42. The molecule has 2 aromatic heterocycles. The van der Waals surface area contributed by atoms with Crippen LogP contribution in [0.2, 0.25) is 0 Å². The van der Waals surface area contributed by atoms with Gasteiger partial charge in [0.15, 0.2) is 5.43 Å². The summed E-state index contributed by atoms with van der Waals surface area (Å²) < 4.78 is 30.7. The predicted molar refractivity (Wildman–Crippen MR) is 88.1 cm³/mol. The van der Waals surface area contributed by atoms with Crippen LogP contribution < -0.4 is 5.43 Å². The van der Waals surface area contributed by atoms with Crippen molar-refractivity contribution in [2.75, 3.05) is 0 Å². The van der Waals surface area contributed by atoms with E-state index in [-0.39, 0.29) is 11.0 Å². The fraction of sp³-hybridized carbons (Fsp3) is 0.158. The van der Waals surface area contributed by atoms with E-state index < -0.39 is 6.43 Å². The Morgan fingerprint density at radius 1 is 1.00 bits per heavy atom. The Hall–Kier alpha value is -2.82. The largest absolute Gasteiger partial charge is 0.466 e. The van der Waals surface area contributed by atoms with Crippen LogP contribution in [0.5, 0.6) is 0 Å². The number of pyridine rings is 1. The van der Waals surface area contributed by atoms with Crippen LogP contribution in [0.1, 0.15) is 23.5 Å². The fourth-order valence-corrected chi connectivity index (χ4v) is 2.61. The second-order valence-electron chi connectivity index (χ2n) is 5.51. The summed E-state index contributed by atoms with van der Waals surface area (Å²) in [5.74, 6) is 1.10. The summed E-state index contributed by atoms with van der Waals surface area (Å²) in [4.78, 5) is 16.5.